The highest BCUT2D eigenvalue weighted by Crippen LogP contribution is 2.36. The number of fused-ring (bicyclic) bond motifs is 1. The van der Waals surface area contributed by atoms with Crippen LogP contribution in [0.5, 0.6) is 0 Å². The van der Waals surface area contributed by atoms with Crippen LogP contribution in [-0.2, 0) is 4.79 Å². The number of unbranched alkanes of at least 4 members (excludes halogenated alkanes) is 2. The maximum atomic E-state index is 11.9. The lowest BCUT2D eigenvalue weighted by Gasteiger charge is -2.39. The predicted molar refractivity (Wildman–Crippen MR) is 83.9 cm³/mol. The highest BCUT2D eigenvalue weighted by atomic mass is 16.2. The van der Waals surface area contributed by atoms with E-state index in [0.717, 1.165) is 18.7 Å². The van der Waals surface area contributed by atoms with E-state index in [1.54, 1.807) is 6.92 Å². The molecule has 3 nitrogen and oxygen atoms in total. The summed E-state index contributed by atoms with van der Waals surface area (Å²) < 4.78 is 0. The maximum Gasteiger partial charge on any atom is 0.224 e. The van der Waals surface area contributed by atoms with Gasteiger partial charge in [0.1, 0.15) is 0 Å². The van der Waals surface area contributed by atoms with E-state index >= 15 is 0 Å². The molecule has 0 radical (unpaired) electrons. The third-order valence-electron chi connectivity index (χ3n) is 4.10. The lowest BCUT2D eigenvalue weighted by molar-refractivity contribution is -0.117. The number of benzene rings is 1. The Kier molecular flexibility index (Phi) is 5.18. The van der Waals surface area contributed by atoms with Gasteiger partial charge in [0.15, 0.2) is 0 Å². The minimum absolute atomic E-state index is 0.134. The van der Waals surface area contributed by atoms with Crippen LogP contribution < -0.4 is 10.2 Å². The fraction of sp³-hybridized carbons (Fsp3) is 0.588. The molecule has 1 aliphatic rings. The van der Waals surface area contributed by atoms with Crippen LogP contribution in [0.3, 0.4) is 0 Å². The number of carbonyl (C=O) groups is 1. The molecule has 0 aliphatic carbocycles. The molecule has 1 amide bonds. The van der Waals surface area contributed by atoms with Crippen LogP contribution in [0.1, 0.15) is 58.1 Å². The smallest absolute Gasteiger partial charge is 0.224 e. The number of anilines is 1. The van der Waals surface area contributed by atoms with E-state index in [-0.39, 0.29) is 11.9 Å². The molecule has 1 aromatic rings. The maximum absolute atomic E-state index is 11.9. The van der Waals surface area contributed by atoms with E-state index in [0.29, 0.717) is 6.04 Å². The number of hydrogen-bond donors (Lipinski definition) is 1. The Balaban J connectivity index is 2.15. The molecule has 0 aromatic heterocycles. The number of nitrogens with zero attached hydrogens (tertiary/aromatic N) is 1. The molecule has 0 saturated heterocycles. The van der Waals surface area contributed by atoms with Crippen molar-refractivity contribution in [3.8, 4) is 0 Å². The molecule has 1 aliphatic heterocycles. The first-order chi connectivity index (χ1) is 9.65. The molecular formula is C17H26N2O. The molecule has 1 aromatic carbocycles. The molecule has 2 atom stereocenters. The summed E-state index contributed by atoms with van der Waals surface area (Å²) in [6.07, 6.45) is 4.73. The van der Waals surface area contributed by atoms with Gasteiger partial charge >= 0.3 is 0 Å². The molecular weight excluding hydrogens is 248 g/mol. The quantitative estimate of drug-likeness (QED) is 0.831. The number of para-hydroxylation sites is 1. The van der Waals surface area contributed by atoms with Crippen LogP contribution in [0, 0.1) is 0 Å². The van der Waals surface area contributed by atoms with Crippen molar-refractivity contribution in [2.75, 3.05) is 11.4 Å². The molecule has 0 fully saturated rings. The Labute approximate surface area is 122 Å². The number of hydrogen-bond acceptors (Lipinski definition) is 2. The molecule has 110 valence electrons. The van der Waals surface area contributed by atoms with E-state index < -0.39 is 0 Å². The first-order valence-electron chi connectivity index (χ1n) is 7.77. The summed E-state index contributed by atoms with van der Waals surface area (Å²) in [5, 5.41) is 3.66. The van der Waals surface area contributed by atoms with Gasteiger partial charge in [-0.05, 0) is 37.9 Å². The van der Waals surface area contributed by atoms with Crippen molar-refractivity contribution in [1.82, 2.24) is 5.32 Å². The van der Waals surface area contributed by atoms with Crippen molar-refractivity contribution in [2.24, 2.45) is 0 Å². The van der Waals surface area contributed by atoms with E-state index in [1.165, 1.54) is 24.8 Å². The third-order valence-corrected chi connectivity index (χ3v) is 4.10. The fourth-order valence-electron chi connectivity index (χ4n) is 3.14. The topological polar surface area (TPSA) is 32.3 Å². The minimum Gasteiger partial charge on any atom is -0.310 e. The molecule has 0 bridgehead atoms. The van der Waals surface area contributed by atoms with E-state index in [4.69, 9.17) is 0 Å². The summed E-state index contributed by atoms with van der Waals surface area (Å²) in [6, 6.07) is 8.91. The summed E-state index contributed by atoms with van der Waals surface area (Å²) >= 11 is 0. The standard InChI is InChI=1S/C17H26N2O/c1-4-5-8-11-18-16-12-13(2)19(14(3)20)17-10-7-6-9-15(16)17/h6-7,9-10,13,16,18H,4-5,8,11-12H2,1-3H3. The summed E-state index contributed by atoms with van der Waals surface area (Å²) in [4.78, 5) is 13.8. The largest absolute Gasteiger partial charge is 0.310 e. The van der Waals surface area contributed by atoms with Crippen LogP contribution in [0.2, 0.25) is 0 Å². The van der Waals surface area contributed by atoms with Crippen LogP contribution in [-0.4, -0.2) is 18.5 Å². The van der Waals surface area contributed by atoms with Crippen molar-refractivity contribution >= 4 is 11.6 Å². The summed E-state index contributed by atoms with van der Waals surface area (Å²) in [5.74, 6) is 0.134. The molecule has 20 heavy (non-hydrogen) atoms. The summed E-state index contributed by atoms with van der Waals surface area (Å²) in [5.41, 5.74) is 2.34. The average Bonchev–Trinajstić information content (AvgIpc) is 2.43. The zero-order valence-corrected chi connectivity index (χ0v) is 12.9. The van der Waals surface area contributed by atoms with Gasteiger partial charge in [0.2, 0.25) is 5.91 Å². The Bertz CT molecular complexity index is 458. The first kappa shape index (κ1) is 15.0. The zero-order valence-electron chi connectivity index (χ0n) is 12.9. The molecule has 1 N–H and O–H groups in total. The Morgan fingerprint density at radius 3 is 2.80 bits per heavy atom. The number of rotatable bonds is 5. The second-order valence-corrected chi connectivity index (χ2v) is 5.75. The SMILES string of the molecule is CCCCCNC1CC(C)N(C(C)=O)c2ccccc21. The van der Waals surface area contributed by atoms with Gasteiger partial charge in [-0.2, -0.15) is 0 Å². The normalized spacial score (nSPS) is 21.6. The van der Waals surface area contributed by atoms with Crippen LogP contribution in [0.4, 0.5) is 5.69 Å². The van der Waals surface area contributed by atoms with Gasteiger partial charge in [-0.25, -0.2) is 0 Å². The van der Waals surface area contributed by atoms with Crippen molar-refractivity contribution in [2.45, 2.75) is 58.5 Å². The number of carbonyl (C=O) groups excluding carboxylic acids is 1. The number of nitrogens with one attached hydrogen (secondary N) is 1. The van der Waals surface area contributed by atoms with Gasteiger partial charge in [-0.3, -0.25) is 4.79 Å². The highest BCUT2D eigenvalue weighted by molar-refractivity contribution is 5.93. The fourth-order valence-corrected chi connectivity index (χ4v) is 3.14. The Morgan fingerprint density at radius 1 is 1.35 bits per heavy atom. The Hall–Kier alpha value is -1.35. The summed E-state index contributed by atoms with van der Waals surface area (Å²) in [6.45, 7) is 7.07. The van der Waals surface area contributed by atoms with Gasteiger partial charge in [0.25, 0.3) is 0 Å². The molecule has 0 saturated carbocycles. The zero-order chi connectivity index (χ0) is 14.5. The van der Waals surface area contributed by atoms with Crippen LogP contribution in [0.15, 0.2) is 24.3 Å². The number of amides is 1. The second kappa shape index (κ2) is 6.89. The lowest BCUT2D eigenvalue weighted by Crippen LogP contribution is -2.44. The highest BCUT2D eigenvalue weighted by Gasteiger charge is 2.31. The second-order valence-electron chi connectivity index (χ2n) is 5.75. The van der Waals surface area contributed by atoms with Gasteiger partial charge < -0.3 is 10.2 Å². The minimum atomic E-state index is 0.134. The van der Waals surface area contributed by atoms with Gasteiger partial charge in [-0.15, -0.1) is 0 Å². The van der Waals surface area contributed by atoms with Crippen LogP contribution in [0.25, 0.3) is 0 Å². The van der Waals surface area contributed by atoms with E-state index in [9.17, 15) is 4.79 Å². The molecule has 3 heteroatoms. The van der Waals surface area contributed by atoms with Gasteiger partial charge in [0.05, 0.1) is 0 Å². The van der Waals surface area contributed by atoms with E-state index in [2.05, 4.69) is 37.4 Å². The third kappa shape index (κ3) is 3.21. The molecule has 2 unspecified atom stereocenters. The molecule has 0 spiro atoms. The van der Waals surface area contributed by atoms with Gasteiger partial charge in [-0.1, -0.05) is 38.0 Å². The van der Waals surface area contributed by atoms with Crippen LogP contribution >= 0.6 is 0 Å². The monoisotopic (exact) mass is 274 g/mol. The molecule has 2 rings (SSSR count). The van der Waals surface area contributed by atoms with Crippen molar-refractivity contribution in [3.63, 3.8) is 0 Å². The van der Waals surface area contributed by atoms with E-state index in [1.807, 2.05) is 11.0 Å². The Morgan fingerprint density at radius 2 is 2.10 bits per heavy atom. The predicted octanol–water partition coefficient (Wildman–Crippen LogP) is 3.65. The van der Waals surface area contributed by atoms with Crippen molar-refractivity contribution in [1.29, 1.82) is 0 Å². The molecule has 1 heterocycles. The lowest BCUT2D eigenvalue weighted by atomic mass is 9.91. The van der Waals surface area contributed by atoms with Gasteiger partial charge in [0, 0.05) is 24.7 Å². The van der Waals surface area contributed by atoms with Crippen molar-refractivity contribution in [3.05, 3.63) is 29.8 Å². The average molecular weight is 274 g/mol. The van der Waals surface area contributed by atoms with Crippen molar-refractivity contribution < 1.29 is 4.79 Å². The summed E-state index contributed by atoms with van der Waals surface area (Å²) in [7, 11) is 0. The first-order valence-corrected chi connectivity index (χ1v) is 7.77.